The van der Waals surface area contributed by atoms with Crippen molar-refractivity contribution in [3.8, 4) is 0 Å². The molecule has 0 heterocycles. The van der Waals surface area contributed by atoms with E-state index in [0.29, 0.717) is 0 Å². The fourth-order valence-electron chi connectivity index (χ4n) is 0.928. The van der Waals surface area contributed by atoms with Gasteiger partial charge in [0.25, 0.3) is 0 Å². The molecule has 0 aromatic heterocycles. The van der Waals surface area contributed by atoms with Crippen molar-refractivity contribution < 1.29 is 0 Å². The fraction of sp³-hybridized carbons (Fsp3) is 0.111. The molecule has 0 amide bonds. The molecule has 0 N–H and O–H groups in total. The summed E-state index contributed by atoms with van der Waals surface area (Å²) in [6, 6.07) is 5.79. The Morgan fingerprint density at radius 3 is 2.70 bits per heavy atom. The molecule has 0 nitrogen and oxygen atoms in total. The zero-order valence-corrected chi connectivity index (χ0v) is 6.09. The van der Waals surface area contributed by atoms with Crippen LogP contribution in [0.25, 0.3) is 6.08 Å². The molecular formula is C9H9B. The van der Waals surface area contributed by atoms with Gasteiger partial charge in [-0.1, -0.05) is 36.3 Å². The average molecular weight is 128 g/mol. The standard InChI is InChI=1S/C9H9B/c1-3-8-4-5-9(10)6-7(8)2/h3-6H,1H2,2H3. The van der Waals surface area contributed by atoms with Gasteiger partial charge < -0.3 is 0 Å². The van der Waals surface area contributed by atoms with Crippen LogP contribution in [0.15, 0.2) is 24.8 Å². The van der Waals surface area contributed by atoms with Crippen molar-refractivity contribution in [2.24, 2.45) is 0 Å². The van der Waals surface area contributed by atoms with Gasteiger partial charge in [0, 0.05) is 0 Å². The maximum Gasteiger partial charge on any atom is 0.113 e. The molecule has 0 aliphatic rings. The largest absolute Gasteiger partial charge is 0.113 e. The van der Waals surface area contributed by atoms with Crippen molar-refractivity contribution in [3.63, 3.8) is 0 Å². The first-order chi connectivity index (χ1) is 4.74. The van der Waals surface area contributed by atoms with E-state index in [0.717, 1.165) is 11.0 Å². The highest BCUT2D eigenvalue weighted by Gasteiger charge is 1.90. The van der Waals surface area contributed by atoms with E-state index in [1.165, 1.54) is 5.56 Å². The Hall–Kier alpha value is -0.975. The predicted octanol–water partition coefficient (Wildman–Crippen LogP) is 1.43. The third-order valence-corrected chi connectivity index (χ3v) is 1.51. The Morgan fingerprint density at radius 2 is 2.20 bits per heavy atom. The zero-order valence-electron chi connectivity index (χ0n) is 6.09. The molecule has 0 saturated carbocycles. The molecule has 0 spiro atoms. The Morgan fingerprint density at radius 1 is 1.50 bits per heavy atom. The van der Waals surface area contributed by atoms with Crippen molar-refractivity contribution in [1.29, 1.82) is 0 Å². The number of aryl methyl sites for hydroxylation is 1. The molecule has 1 rings (SSSR count). The average Bonchev–Trinajstić information content (AvgIpc) is 1.88. The summed E-state index contributed by atoms with van der Waals surface area (Å²) in [5.41, 5.74) is 3.13. The van der Waals surface area contributed by atoms with Crippen molar-refractivity contribution in [2.75, 3.05) is 0 Å². The lowest BCUT2D eigenvalue weighted by Gasteiger charge is -1.99. The van der Waals surface area contributed by atoms with Gasteiger partial charge in [0.05, 0.1) is 0 Å². The van der Waals surface area contributed by atoms with E-state index < -0.39 is 0 Å². The van der Waals surface area contributed by atoms with Gasteiger partial charge in [0.2, 0.25) is 0 Å². The maximum atomic E-state index is 5.55. The van der Waals surface area contributed by atoms with Crippen molar-refractivity contribution in [2.45, 2.75) is 6.92 Å². The molecule has 0 aliphatic carbocycles. The minimum Gasteiger partial charge on any atom is -0.0985 e. The molecule has 0 atom stereocenters. The van der Waals surface area contributed by atoms with Gasteiger partial charge in [-0.05, 0) is 18.1 Å². The second kappa shape index (κ2) is 2.74. The van der Waals surface area contributed by atoms with Crippen LogP contribution in [0.5, 0.6) is 0 Å². The van der Waals surface area contributed by atoms with Crippen LogP contribution >= 0.6 is 0 Å². The van der Waals surface area contributed by atoms with E-state index in [9.17, 15) is 0 Å². The van der Waals surface area contributed by atoms with Crippen LogP contribution < -0.4 is 5.46 Å². The van der Waals surface area contributed by atoms with Crippen LogP contribution in [-0.4, -0.2) is 7.85 Å². The smallest absolute Gasteiger partial charge is 0.0985 e. The van der Waals surface area contributed by atoms with E-state index in [4.69, 9.17) is 7.85 Å². The summed E-state index contributed by atoms with van der Waals surface area (Å²) in [6.45, 7) is 5.70. The molecule has 0 fully saturated rings. The number of hydrogen-bond donors (Lipinski definition) is 0. The minimum atomic E-state index is 0.808. The fourth-order valence-corrected chi connectivity index (χ4v) is 0.928. The molecule has 1 aromatic rings. The zero-order chi connectivity index (χ0) is 7.56. The first-order valence-electron chi connectivity index (χ1n) is 3.22. The molecule has 0 saturated heterocycles. The Balaban J connectivity index is 3.19. The van der Waals surface area contributed by atoms with E-state index in [2.05, 4.69) is 6.58 Å². The van der Waals surface area contributed by atoms with Crippen LogP contribution in [0.2, 0.25) is 0 Å². The lowest BCUT2D eigenvalue weighted by Crippen LogP contribution is -2.01. The van der Waals surface area contributed by atoms with E-state index in [1.807, 2.05) is 31.2 Å². The molecular weight excluding hydrogens is 119 g/mol. The highest BCUT2D eigenvalue weighted by molar-refractivity contribution is 6.32. The Labute approximate surface area is 63.0 Å². The quantitative estimate of drug-likeness (QED) is 0.502. The summed E-state index contributed by atoms with van der Waals surface area (Å²) in [5, 5.41) is 0. The predicted molar refractivity (Wildman–Crippen MR) is 46.7 cm³/mol. The van der Waals surface area contributed by atoms with E-state index in [-0.39, 0.29) is 0 Å². The Kier molecular flexibility index (Phi) is 1.95. The summed E-state index contributed by atoms with van der Waals surface area (Å²) in [4.78, 5) is 0. The third-order valence-electron chi connectivity index (χ3n) is 1.51. The van der Waals surface area contributed by atoms with Gasteiger partial charge in [-0.15, -0.1) is 0 Å². The molecule has 0 unspecified atom stereocenters. The lowest BCUT2D eigenvalue weighted by atomic mass is 9.92. The molecule has 1 aromatic carbocycles. The van der Waals surface area contributed by atoms with Crippen molar-refractivity contribution in [3.05, 3.63) is 35.9 Å². The summed E-state index contributed by atoms with van der Waals surface area (Å²) >= 11 is 0. The molecule has 0 bridgehead atoms. The van der Waals surface area contributed by atoms with Crippen LogP contribution in [0, 0.1) is 6.92 Å². The monoisotopic (exact) mass is 128 g/mol. The summed E-state index contributed by atoms with van der Waals surface area (Å²) < 4.78 is 0. The molecule has 48 valence electrons. The second-order valence-corrected chi connectivity index (χ2v) is 2.32. The lowest BCUT2D eigenvalue weighted by molar-refractivity contribution is 1.46. The van der Waals surface area contributed by atoms with Crippen LogP contribution in [0.1, 0.15) is 11.1 Å². The first-order valence-corrected chi connectivity index (χ1v) is 3.22. The van der Waals surface area contributed by atoms with Gasteiger partial charge in [-0.25, -0.2) is 0 Å². The summed E-state index contributed by atoms with van der Waals surface area (Å²) in [7, 11) is 5.55. The number of rotatable bonds is 1. The van der Waals surface area contributed by atoms with E-state index in [1.54, 1.807) is 0 Å². The molecule has 10 heavy (non-hydrogen) atoms. The van der Waals surface area contributed by atoms with Crippen LogP contribution in [0.3, 0.4) is 0 Å². The molecule has 2 radical (unpaired) electrons. The molecule has 1 heteroatoms. The first kappa shape index (κ1) is 7.14. The van der Waals surface area contributed by atoms with E-state index >= 15 is 0 Å². The minimum absolute atomic E-state index is 0.808. The number of hydrogen-bond acceptors (Lipinski definition) is 0. The topological polar surface area (TPSA) is 0 Å². The van der Waals surface area contributed by atoms with Crippen molar-refractivity contribution in [1.82, 2.24) is 0 Å². The SMILES string of the molecule is [B]c1ccc(C=C)c(C)c1. The van der Waals surface area contributed by atoms with Gasteiger partial charge in [-0.2, -0.15) is 0 Å². The van der Waals surface area contributed by atoms with Crippen LogP contribution in [-0.2, 0) is 0 Å². The summed E-state index contributed by atoms with van der Waals surface area (Å²) in [6.07, 6.45) is 1.83. The third kappa shape index (κ3) is 1.30. The second-order valence-electron chi connectivity index (χ2n) is 2.32. The van der Waals surface area contributed by atoms with Crippen LogP contribution in [0.4, 0.5) is 0 Å². The van der Waals surface area contributed by atoms with Gasteiger partial charge >= 0.3 is 0 Å². The maximum absolute atomic E-state index is 5.55. The van der Waals surface area contributed by atoms with Gasteiger partial charge in [0.15, 0.2) is 0 Å². The highest BCUT2D eigenvalue weighted by Crippen LogP contribution is 2.05. The summed E-state index contributed by atoms with van der Waals surface area (Å²) in [5.74, 6) is 0. The highest BCUT2D eigenvalue weighted by atomic mass is 13.9. The number of benzene rings is 1. The molecule has 0 aliphatic heterocycles. The van der Waals surface area contributed by atoms with Gasteiger partial charge in [0.1, 0.15) is 7.85 Å². The van der Waals surface area contributed by atoms with Crippen molar-refractivity contribution >= 4 is 19.4 Å². The normalized spacial score (nSPS) is 9.30. The van der Waals surface area contributed by atoms with Gasteiger partial charge in [-0.3, -0.25) is 0 Å². The Bertz CT molecular complexity index is 251.